The number of hydrazone groups is 1. The molecule has 0 bridgehead atoms. The van der Waals surface area contributed by atoms with Gasteiger partial charge in [-0.3, -0.25) is 0 Å². The highest BCUT2D eigenvalue weighted by Crippen LogP contribution is 2.40. The molecule has 0 aromatic heterocycles. The van der Waals surface area contributed by atoms with Gasteiger partial charge in [0.15, 0.2) is 0 Å². The first-order valence-electron chi connectivity index (χ1n) is 4.45. The first-order valence-corrected chi connectivity index (χ1v) is 5.57. The summed E-state index contributed by atoms with van der Waals surface area (Å²) < 4.78 is 0. The fourth-order valence-corrected chi connectivity index (χ4v) is 2.80. The number of rotatable bonds is 3. The second-order valence-corrected chi connectivity index (χ2v) is 4.35. The maximum absolute atomic E-state index is 5.61. The number of nitrogens with two attached hydrogens (primary N) is 1. The lowest BCUT2D eigenvalue weighted by molar-refractivity contribution is 0.379. The van der Waals surface area contributed by atoms with Gasteiger partial charge in [0.05, 0.1) is 6.04 Å². The van der Waals surface area contributed by atoms with Crippen LogP contribution in [0.5, 0.6) is 0 Å². The zero-order valence-corrected chi connectivity index (χ0v) is 8.55. The lowest BCUT2D eigenvalue weighted by Gasteiger charge is -2.20. The van der Waals surface area contributed by atoms with Gasteiger partial charge in [0.2, 0.25) is 0 Å². The van der Waals surface area contributed by atoms with Gasteiger partial charge in [0.1, 0.15) is 5.84 Å². The van der Waals surface area contributed by atoms with E-state index in [2.05, 4.69) is 26.5 Å². The van der Waals surface area contributed by atoms with Crippen molar-refractivity contribution in [2.24, 2.45) is 22.7 Å². The molecule has 0 amide bonds. The van der Waals surface area contributed by atoms with E-state index < -0.39 is 0 Å². The van der Waals surface area contributed by atoms with E-state index in [1.165, 1.54) is 12.8 Å². The summed E-state index contributed by atoms with van der Waals surface area (Å²) in [6, 6.07) is 0.483. The normalized spacial score (nSPS) is 31.1. The highest BCUT2D eigenvalue weighted by molar-refractivity contribution is 9.09. The summed E-state index contributed by atoms with van der Waals surface area (Å²) in [5.74, 6) is 2.38. The van der Waals surface area contributed by atoms with Crippen LogP contribution in [0.15, 0.2) is 5.10 Å². The van der Waals surface area contributed by atoms with Crippen molar-refractivity contribution in [3.8, 4) is 0 Å². The van der Waals surface area contributed by atoms with E-state index in [1.807, 2.05) is 0 Å². The number of nitrogens with one attached hydrogen (secondary N) is 1. The van der Waals surface area contributed by atoms with E-state index in [0.29, 0.717) is 6.04 Å². The molecular formula is C8H14BrN3. The topological polar surface area (TPSA) is 50.4 Å². The highest BCUT2D eigenvalue weighted by Gasteiger charge is 2.37. The molecule has 2 aliphatic rings. The van der Waals surface area contributed by atoms with E-state index in [1.54, 1.807) is 0 Å². The minimum Gasteiger partial charge on any atom is -0.386 e. The van der Waals surface area contributed by atoms with Gasteiger partial charge in [-0.05, 0) is 24.7 Å². The Balaban J connectivity index is 1.90. The smallest absolute Gasteiger partial charge is 0.121 e. The minimum absolute atomic E-state index is 0.483. The Labute approximate surface area is 80.9 Å². The molecular weight excluding hydrogens is 218 g/mol. The third-order valence-corrected chi connectivity index (χ3v) is 3.47. The fourth-order valence-electron chi connectivity index (χ4n) is 1.82. The molecule has 0 aromatic carbocycles. The number of hydrogen-bond donors (Lipinski definition) is 2. The van der Waals surface area contributed by atoms with Gasteiger partial charge in [-0.2, -0.15) is 5.10 Å². The average molecular weight is 232 g/mol. The van der Waals surface area contributed by atoms with Crippen LogP contribution in [0.3, 0.4) is 0 Å². The second kappa shape index (κ2) is 3.24. The number of halogens is 1. The molecule has 68 valence electrons. The van der Waals surface area contributed by atoms with Crippen LogP contribution < -0.4 is 11.2 Å². The van der Waals surface area contributed by atoms with Crippen LogP contribution in [0.2, 0.25) is 0 Å². The molecule has 0 aromatic rings. The van der Waals surface area contributed by atoms with Gasteiger partial charge < -0.3 is 11.2 Å². The molecule has 1 fully saturated rings. The predicted molar refractivity (Wildman–Crippen MR) is 53.2 cm³/mol. The largest absolute Gasteiger partial charge is 0.386 e. The molecule has 1 saturated carbocycles. The zero-order chi connectivity index (χ0) is 8.55. The Bertz CT molecular complexity index is 200. The van der Waals surface area contributed by atoms with Crippen LogP contribution in [0.4, 0.5) is 0 Å². The molecule has 2 rings (SSSR count). The van der Waals surface area contributed by atoms with Gasteiger partial charge >= 0.3 is 0 Å². The standard InChI is InChI=1S/C8H14BrN3/c9-4-6(5-1-2-5)7-3-8(10)12-11-7/h5-7,11H,1-4H2,(H2,10,12). The summed E-state index contributed by atoms with van der Waals surface area (Å²) in [6.45, 7) is 0. The van der Waals surface area contributed by atoms with Gasteiger partial charge in [-0.25, -0.2) is 0 Å². The monoisotopic (exact) mass is 231 g/mol. The first-order chi connectivity index (χ1) is 5.81. The summed E-state index contributed by atoms with van der Waals surface area (Å²) in [5, 5.41) is 5.09. The van der Waals surface area contributed by atoms with Crippen LogP contribution >= 0.6 is 15.9 Å². The number of nitrogens with zero attached hydrogens (tertiary/aromatic N) is 1. The third kappa shape index (κ3) is 1.58. The van der Waals surface area contributed by atoms with Gasteiger partial charge in [0.25, 0.3) is 0 Å². The Morgan fingerprint density at radius 2 is 2.42 bits per heavy atom. The molecule has 1 aliphatic carbocycles. The van der Waals surface area contributed by atoms with Crippen molar-refractivity contribution in [1.29, 1.82) is 0 Å². The summed E-state index contributed by atoms with van der Waals surface area (Å²) in [7, 11) is 0. The van der Waals surface area contributed by atoms with Crippen molar-refractivity contribution in [3.05, 3.63) is 0 Å². The quantitative estimate of drug-likeness (QED) is 0.714. The lowest BCUT2D eigenvalue weighted by Crippen LogP contribution is -2.32. The maximum atomic E-state index is 5.61. The van der Waals surface area contributed by atoms with Crippen molar-refractivity contribution in [1.82, 2.24) is 5.43 Å². The molecule has 0 spiro atoms. The zero-order valence-electron chi connectivity index (χ0n) is 6.96. The minimum atomic E-state index is 0.483. The van der Waals surface area contributed by atoms with E-state index in [9.17, 15) is 0 Å². The van der Waals surface area contributed by atoms with Gasteiger partial charge in [-0.1, -0.05) is 15.9 Å². The molecule has 3 nitrogen and oxygen atoms in total. The van der Waals surface area contributed by atoms with E-state index in [-0.39, 0.29) is 0 Å². The number of hydrogen-bond acceptors (Lipinski definition) is 3. The Kier molecular flexibility index (Phi) is 2.26. The Morgan fingerprint density at radius 1 is 1.67 bits per heavy atom. The molecule has 1 aliphatic heterocycles. The fraction of sp³-hybridized carbons (Fsp3) is 0.875. The summed E-state index contributed by atoms with van der Waals surface area (Å²) >= 11 is 3.55. The highest BCUT2D eigenvalue weighted by atomic mass is 79.9. The molecule has 3 N–H and O–H groups in total. The molecule has 0 saturated heterocycles. The van der Waals surface area contributed by atoms with E-state index in [4.69, 9.17) is 5.73 Å². The van der Waals surface area contributed by atoms with E-state index >= 15 is 0 Å². The van der Waals surface area contributed by atoms with Crippen molar-refractivity contribution >= 4 is 21.8 Å². The molecule has 2 unspecified atom stereocenters. The van der Waals surface area contributed by atoms with Gasteiger partial charge in [-0.15, -0.1) is 0 Å². The number of amidine groups is 1. The van der Waals surface area contributed by atoms with E-state index in [0.717, 1.165) is 29.4 Å². The predicted octanol–water partition coefficient (Wildman–Crippen LogP) is 1.04. The third-order valence-electron chi connectivity index (χ3n) is 2.73. The molecule has 1 heterocycles. The average Bonchev–Trinajstić information content (AvgIpc) is 2.78. The Morgan fingerprint density at radius 3 is 2.83 bits per heavy atom. The molecule has 4 heteroatoms. The molecule has 0 radical (unpaired) electrons. The molecule has 2 atom stereocenters. The SMILES string of the molecule is NC1=NNC(C(CBr)C2CC2)C1. The van der Waals surface area contributed by atoms with Crippen LogP contribution in [0.25, 0.3) is 0 Å². The summed E-state index contributed by atoms with van der Waals surface area (Å²) in [6.07, 6.45) is 3.69. The van der Waals surface area contributed by atoms with Crippen molar-refractivity contribution in [2.45, 2.75) is 25.3 Å². The van der Waals surface area contributed by atoms with Crippen LogP contribution in [0.1, 0.15) is 19.3 Å². The number of alkyl halides is 1. The van der Waals surface area contributed by atoms with Crippen molar-refractivity contribution < 1.29 is 0 Å². The van der Waals surface area contributed by atoms with Gasteiger partial charge in [0, 0.05) is 11.8 Å². The lowest BCUT2D eigenvalue weighted by atomic mass is 9.95. The maximum Gasteiger partial charge on any atom is 0.121 e. The molecule has 12 heavy (non-hydrogen) atoms. The first kappa shape index (κ1) is 8.35. The van der Waals surface area contributed by atoms with Crippen LogP contribution in [-0.4, -0.2) is 17.2 Å². The second-order valence-electron chi connectivity index (χ2n) is 3.70. The van der Waals surface area contributed by atoms with Crippen LogP contribution in [0, 0.1) is 11.8 Å². The Hall–Kier alpha value is -0.250. The summed E-state index contributed by atoms with van der Waals surface area (Å²) in [5.41, 5.74) is 8.72. The summed E-state index contributed by atoms with van der Waals surface area (Å²) in [4.78, 5) is 0. The van der Waals surface area contributed by atoms with Crippen molar-refractivity contribution in [2.75, 3.05) is 5.33 Å². The van der Waals surface area contributed by atoms with Crippen molar-refractivity contribution in [3.63, 3.8) is 0 Å². The van der Waals surface area contributed by atoms with Crippen LogP contribution in [-0.2, 0) is 0 Å².